The minimum Gasteiger partial charge on any atom is -0.408 e. The highest BCUT2D eigenvalue weighted by Crippen LogP contribution is 2.69. The summed E-state index contributed by atoms with van der Waals surface area (Å²) in [5.41, 5.74) is 6.78. The van der Waals surface area contributed by atoms with E-state index in [0.29, 0.717) is 16.7 Å². The van der Waals surface area contributed by atoms with Gasteiger partial charge in [0.15, 0.2) is 0 Å². The Morgan fingerprint density at radius 3 is 2.35 bits per heavy atom. The molecule has 4 saturated carbocycles. The van der Waals surface area contributed by atoms with Gasteiger partial charge in [0.1, 0.15) is 0 Å². The van der Waals surface area contributed by atoms with Gasteiger partial charge in [-0.2, -0.15) is 0 Å². The van der Waals surface area contributed by atoms with E-state index in [9.17, 15) is 0 Å². The minimum absolute atomic E-state index is 0.202. The van der Waals surface area contributed by atoms with Gasteiger partial charge in [-0.15, -0.1) is 5.10 Å². The Kier molecular flexibility index (Phi) is 9.50. The van der Waals surface area contributed by atoms with Crippen molar-refractivity contribution in [3.8, 4) is 0 Å². The standard InChI is InChI=1S/C26H43N3O.C2H6.CH4O/c1-4-17-16-19-21-12-11-18(8-7-10-23-28-29-24(27)30-23)25(21,2)15-13-22(19)26(3)14-6-5-9-20(17)26;2*1-2/h17-22H,4-16H2,1-3H3,(H2,27,29);1-2H3;2H,1H3/t17-,18?,19?,20?,21?,22-,25?,26?;;/m0../s1. The molecule has 5 nitrogen and oxygen atoms in total. The van der Waals surface area contributed by atoms with Crippen molar-refractivity contribution < 1.29 is 9.52 Å². The van der Waals surface area contributed by atoms with E-state index in [2.05, 4.69) is 31.0 Å². The van der Waals surface area contributed by atoms with Gasteiger partial charge in [-0.25, -0.2) is 0 Å². The van der Waals surface area contributed by atoms with Crippen molar-refractivity contribution in [3.63, 3.8) is 0 Å². The van der Waals surface area contributed by atoms with Crippen LogP contribution in [0.5, 0.6) is 0 Å². The number of aromatic nitrogens is 2. The van der Waals surface area contributed by atoms with Gasteiger partial charge in [0.05, 0.1) is 0 Å². The monoisotopic (exact) mass is 475 g/mol. The second kappa shape index (κ2) is 11.8. The Morgan fingerprint density at radius 1 is 0.941 bits per heavy atom. The second-order valence-electron chi connectivity index (χ2n) is 11.9. The maximum absolute atomic E-state index is 7.00. The Bertz CT molecular complexity index is 751. The summed E-state index contributed by atoms with van der Waals surface area (Å²) >= 11 is 0. The van der Waals surface area contributed by atoms with Crippen LogP contribution in [0.2, 0.25) is 0 Å². The first-order valence-corrected chi connectivity index (χ1v) is 14.5. The van der Waals surface area contributed by atoms with Crippen molar-refractivity contribution in [2.75, 3.05) is 12.8 Å². The number of aliphatic hydroxyl groups is 1. The first-order valence-electron chi connectivity index (χ1n) is 14.5. The van der Waals surface area contributed by atoms with Crippen molar-refractivity contribution in [3.05, 3.63) is 5.89 Å². The van der Waals surface area contributed by atoms with Gasteiger partial charge in [0.25, 0.3) is 0 Å². The van der Waals surface area contributed by atoms with Crippen LogP contribution in [-0.4, -0.2) is 22.4 Å². The Balaban J connectivity index is 0.000000771. The number of hydrogen-bond donors (Lipinski definition) is 2. The van der Waals surface area contributed by atoms with Crippen LogP contribution in [0.1, 0.15) is 118 Å². The molecule has 34 heavy (non-hydrogen) atoms. The summed E-state index contributed by atoms with van der Waals surface area (Å²) < 4.78 is 5.39. The van der Waals surface area contributed by atoms with Crippen molar-refractivity contribution in [1.82, 2.24) is 10.2 Å². The molecule has 1 heterocycles. The number of aryl methyl sites for hydroxylation is 1. The molecule has 4 aliphatic rings. The van der Waals surface area contributed by atoms with Gasteiger partial charge in [-0.3, -0.25) is 0 Å². The molecule has 0 aromatic carbocycles. The lowest BCUT2D eigenvalue weighted by Gasteiger charge is -2.62. The second-order valence-corrected chi connectivity index (χ2v) is 11.9. The van der Waals surface area contributed by atoms with Gasteiger partial charge >= 0.3 is 6.01 Å². The summed E-state index contributed by atoms with van der Waals surface area (Å²) in [6.07, 6.45) is 18.2. The normalized spacial score (nSPS) is 40.6. The molecule has 0 amide bonds. The van der Waals surface area contributed by atoms with Crippen molar-refractivity contribution in [2.24, 2.45) is 46.3 Å². The summed E-state index contributed by atoms with van der Waals surface area (Å²) in [6, 6.07) is 0.202. The average molecular weight is 476 g/mol. The molecule has 196 valence electrons. The van der Waals surface area contributed by atoms with E-state index >= 15 is 0 Å². The van der Waals surface area contributed by atoms with Crippen LogP contribution >= 0.6 is 0 Å². The number of nitrogens with zero attached hydrogens (tertiary/aromatic N) is 2. The van der Waals surface area contributed by atoms with Crippen LogP contribution in [0, 0.1) is 46.3 Å². The van der Waals surface area contributed by atoms with Gasteiger partial charge in [0, 0.05) is 13.5 Å². The summed E-state index contributed by atoms with van der Waals surface area (Å²) in [4.78, 5) is 0. The smallest absolute Gasteiger partial charge is 0.312 e. The average Bonchev–Trinajstić information content (AvgIpc) is 3.43. The third-order valence-electron chi connectivity index (χ3n) is 10.9. The molecule has 8 atom stereocenters. The molecule has 5 rings (SSSR count). The molecule has 4 fully saturated rings. The number of nitrogen functional groups attached to an aromatic ring is 1. The lowest BCUT2D eigenvalue weighted by Crippen LogP contribution is -2.55. The van der Waals surface area contributed by atoms with E-state index in [0.717, 1.165) is 55.5 Å². The molecule has 0 aliphatic heterocycles. The maximum atomic E-state index is 7.00. The highest BCUT2D eigenvalue weighted by atomic mass is 16.4. The number of rotatable bonds is 5. The number of nitrogens with two attached hydrogens (primary N) is 1. The quantitative estimate of drug-likeness (QED) is 0.467. The summed E-state index contributed by atoms with van der Waals surface area (Å²) in [6.45, 7) is 11.9. The molecule has 0 spiro atoms. The van der Waals surface area contributed by atoms with Gasteiger partial charge in [0.2, 0.25) is 5.89 Å². The molecule has 6 unspecified atom stereocenters. The lowest BCUT2D eigenvalue weighted by atomic mass is 9.42. The van der Waals surface area contributed by atoms with Crippen molar-refractivity contribution >= 4 is 6.01 Å². The Labute approximate surface area is 209 Å². The number of fused-ring (bicyclic) bond motifs is 5. The van der Waals surface area contributed by atoms with E-state index in [1.807, 2.05) is 13.8 Å². The first kappa shape index (κ1) is 27.5. The zero-order valence-corrected chi connectivity index (χ0v) is 23.0. The van der Waals surface area contributed by atoms with Crippen LogP contribution < -0.4 is 5.73 Å². The molecule has 3 N–H and O–H groups in total. The SMILES string of the molecule is CC.CC[C@H]1CC2C3CCC(CCCc4nnc(N)o4)C3(C)CC[C@@H]2C2(C)CCCCC12.CO. The van der Waals surface area contributed by atoms with Gasteiger partial charge in [-0.1, -0.05) is 59.0 Å². The molecular formula is C29H53N3O2. The fraction of sp³-hybridized carbons (Fsp3) is 0.931. The molecule has 0 saturated heterocycles. The summed E-state index contributed by atoms with van der Waals surface area (Å²) in [5, 5.41) is 14.9. The fourth-order valence-corrected chi connectivity index (χ4v) is 9.47. The Hall–Kier alpha value is -1.10. The number of hydrogen-bond acceptors (Lipinski definition) is 5. The topological polar surface area (TPSA) is 85.2 Å². The predicted octanol–water partition coefficient (Wildman–Crippen LogP) is 7.29. The predicted molar refractivity (Wildman–Crippen MR) is 140 cm³/mol. The third kappa shape index (κ3) is 4.92. The molecule has 0 radical (unpaired) electrons. The summed E-state index contributed by atoms with van der Waals surface area (Å²) in [5.74, 6) is 6.55. The largest absolute Gasteiger partial charge is 0.408 e. The molecule has 0 bridgehead atoms. The fourth-order valence-electron chi connectivity index (χ4n) is 9.47. The molecule has 1 aromatic heterocycles. The molecule has 1 aromatic rings. The van der Waals surface area contributed by atoms with E-state index < -0.39 is 0 Å². The van der Waals surface area contributed by atoms with Crippen LogP contribution in [0.15, 0.2) is 4.42 Å². The highest BCUT2D eigenvalue weighted by molar-refractivity contribution is 5.10. The van der Waals surface area contributed by atoms with Crippen molar-refractivity contribution in [2.45, 2.75) is 118 Å². The van der Waals surface area contributed by atoms with E-state index in [1.54, 1.807) is 0 Å². The van der Waals surface area contributed by atoms with Gasteiger partial charge < -0.3 is 15.3 Å². The van der Waals surface area contributed by atoms with E-state index in [4.69, 9.17) is 15.3 Å². The molecule has 4 aliphatic carbocycles. The highest BCUT2D eigenvalue weighted by Gasteiger charge is 2.60. The zero-order chi connectivity index (χ0) is 24.9. The Morgan fingerprint density at radius 2 is 1.68 bits per heavy atom. The lowest BCUT2D eigenvalue weighted by molar-refractivity contribution is -0.135. The van der Waals surface area contributed by atoms with Crippen LogP contribution in [0.25, 0.3) is 0 Å². The van der Waals surface area contributed by atoms with Crippen LogP contribution in [-0.2, 0) is 6.42 Å². The summed E-state index contributed by atoms with van der Waals surface area (Å²) in [7, 11) is 1.00. The number of anilines is 1. The molecular weight excluding hydrogens is 422 g/mol. The minimum atomic E-state index is 0.202. The van der Waals surface area contributed by atoms with Gasteiger partial charge in [-0.05, 0) is 104 Å². The van der Waals surface area contributed by atoms with Crippen LogP contribution in [0.4, 0.5) is 6.01 Å². The van der Waals surface area contributed by atoms with E-state index in [-0.39, 0.29) is 6.01 Å². The maximum Gasteiger partial charge on any atom is 0.312 e. The van der Waals surface area contributed by atoms with Crippen LogP contribution in [0.3, 0.4) is 0 Å². The van der Waals surface area contributed by atoms with E-state index in [1.165, 1.54) is 70.6 Å². The zero-order valence-electron chi connectivity index (χ0n) is 23.0. The first-order chi connectivity index (χ1) is 16.5. The number of aliphatic hydroxyl groups excluding tert-OH is 1. The van der Waals surface area contributed by atoms with Crippen molar-refractivity contribution in [1.29, 1.82) is 0 Å². The third-order valence-corrected chi connectivity index (χ3v) is 10.9. The molecule has 5 heteroatoms.